The number of rotatable bonds is 9. The van der Waals surface area contributed by atoms with E-state index in [-0.39, 0.29) is 0 Å². The SMILES string of the molecule is CCNCCC1CCN(CCNCC2CCC2)C1. The Labute approximate surface area is 113 Å². The van der Waals surface area contributed by atoms with Gasteiger partial charge in [0, 0.05) is 19.6 Å². The van der Waals surface area contributed by atoms with Gasteiger partial charge in [-0.25, -0.2) is 0 Å². The lowest BCUT2D eigenvalue weighted by Gasteiger charge is -2.26. The van der Waals surface area contributed by atoms with Crippen molar-refractivity contribution < 1.29 is 0 Å². The smallest absolute Gasteiger partial charge is 0.0107 e. The fourth-order valence-corrected chi connectivity index (χ4v) is 3.07. The van der Waals surface area contributed by atoms with Crippen LogP contribution < -0.4 is 10.6 Å². The molecule has 1 saturated heterocycles. The molecule has 2 fully saturated rings. The maximum Gasteiger partial charge on any atom is 0.0107 e. The summed E-state index contributed by atoms with van der Waals surface area (Å²) in [5, 5.41) is 7.06. The van der Waals surface area contributed by atoms with Crippen LogP contribution >= 0.6 is 0 Å². The lowest BCUT2D eigenvalue weighted by Crippen LogP contribution is -2.34. The lowest BCUT2D eigenvalue weighted by molar-refractivity contribution is 0.281. The van der Waals surface area contributed by atoms with E-state index in [1.165, 1.54) is 71.4 Å². The molecule has 0 aromatic carbocycles. The summed E-state index contributed by atoms with van der Waals surface area (Å²) in [6.45, 7) is 10.9. The first-order valence-electron chi connectivity index (χ1n) is 8.02. The normalized spacial score (nSPS) is 25.5. The van der Waals surface area contributed by atoms with Gasteiger partial charge in [-0.15, -0.1) is 0 Å². The highest BCUT2D eigenvalue weighted by Crippen LogP contribution is 2.25. The van der Waals surface area contributed by atoms with Crippen LogP contribution in [0.1, 0.15) is 39.0 Å². The predicted octanol–water partition coefficient (Wildman–Crippen LogP) is 1.70. The van der Waals surface area contributed by atoms with Gasteiger partial charge in [0.2, 0.25) is 0 Å². The molecule has 2 rings (SSSR count). The molecule has 2 N–H and O–H groups in total. The summed E-state index contributed by atoms with van der Waals surface area (Å²) in [5.41, 5.74) is 0. The third-order valence-corrected chi connectivity index (χ3v) is 4.61. The van der Waals surface area contributed by atoms with Gasteiger partial charge in [-0.05, 0) is 63.7 Å². The van der Waals surface area contributed by atoms with Gasteiger partial charge in [-0.1, -0.05) is 13.3 Å². The van der Waals surface area contributed by atoms with E-state index in [0.717, 1.165) is 18.4 Å². The summed E-state index contributed by atoms with van der Waals surface area (Å²) in [7, 11) is 0. The molecule has 0 aromatic heterocycles. The van der Waals surface area contributed by atoms with Crippen LogP contribution in [0.4, 0.5) is 0 Å². The zero-order valence-electron chi connectivity index (χ0n) is 12.1. The van der Waals surface area contributed by atoms with E-state index < -0.39 is 0 Å². The molecule has 0 radical (unpaired) electrons. The van der Waals surface area contributed by atoms with Crippen molar-refractivity contribution in [2.45, 2.75) is 39.0 Å². The Balaban J connectivity index is 1.44. The molecule has 2 aliphatic rings. The first-order chi connectivity index (χ1) is 8.88. The number of likely N-dealkylation sites (tertiary alicyclic amines) is 1. The summed E-state index contributed by atoms with van der Waals surface area (Å²) in [6, 6.07) is 0. The van der Waals surface area contributed by atoms with Gasteiger partial charge in [0.25, 0.3) is 0 Å². The zero-order valence-corrected chi connectivity index (χ0v) is 12.1. The van der Waals surface area contributed by atoms with Crippen LogP contribution in [0.25, 0.3) is 0 Å². The van der Waals surface area contributed by atoms with Crippen molar-refractivity contribution in [3.63, 3.8) is 0 Å². The molecule has 0 bridgehead atoms. The number of nitrogens with one attached hydrogen (secondary N) is 2. The lowest BCUT2D eigenvalue weighted by atomic mass is 9.85. The van der Waals surface area contributed by atoms with Crippen LogP contribution in [0.15, 0.2) is 0 Å². The standard InChI is InChI=1S/C15H31N3/c1-2-16-8-6-15-7-10-18(13-15)11-9-17-12-14-4-3-5-14/h14-17H,2-13H2,1H3. The minimum Gasteiger partial charge on any atom is -0.317 e. The highest BCUT2D eigenvalue weighted by Gasteiger charge is 2.21. The summed E-state index contributed by atoms with van der Waals surface area (Å²) in [6.07, 6.45) is 7.16. The minimum absolute atomic E-state index is 0.940. The van der Waals surface area contributed by atoms with E-state index in [1.54, 1.807) is 0 Å². The van der Waals surface area contributed by atoms with Crippen LogP contribution in [0, 0.1) is 11.8 Å². The number of nitrogens with zero attached hydrogens (tertiary/aromatic N) is 1. The molecule has 106 valence electrons. The molecular formula is C15H31N3. The second-order valence-electron chi connectivity index (χ2n) is 6.10. The van der Waals surface area contributed by atoms with E-state index >= 15 is 0 Å². The Bertz CT molecular complexity index is 216. The maximum absolute atomic E-state index is 3.63. The molecular weight excluding hydrogens is 222 g/mol. The molecule has 0 amide bonds. The Hall–Kier alpha value is -0.120. The van der Waals surface area contributed by atoms with E-state index in [1.807, 2.05) is 0 Å². The van der Waals surface area contributed by atoms with Crippen molar-refractivity contribution in [2.75, 3.05) is 45.8 Å². The van der Waals surface area contributed by atoms with E-state index in [0.29, 0.717) is 0 Å². The maximum atomic E-state index is 3.63. The highest BCUT2D eigenvalue weighted by molar-refractivity contribution is 4.77. The molecule has 1 aliphatic heterocycles. The Kier molecular flexibility index (Phi) is 6.46. The van der Waals surface area contributed by atoms with Crippen LogP contribution in [0.2, 0.25) is 0 Å². The van der Waals surface area contributed by atoms with Crippen molar-refractivity contribution in [2.24, 2.45) is 11.8 Å². The summed E-state index contributed by atoms with van der Waals surface area (Å²) in [4.78, 5) is 2.64. The van der Waals surface area contributed by atoms with Gasteiger partial charge in [0.05, 0.1) is 0 Å². The summed E-state index contributed by atoms with van der Waals surface area (Å²) < 4.78 is 0. The largest absolute Gasteiger partial charge is 0.317 e. The number of hydrogen-bond acceptors (Lipinski definition) is 3. The highest BCUT2D eigenvalue weighted by atomic mass is 15.2. The van der Waals surface area contributed by atoms with Crippen LogP contribution in [0.5, 0.6) is 0 Å². The molecule has 1 atom stereocenters. The van der Waals surface area contributed by atoms with Crippen LogP contribution in [-0.4, -0.2) is 50.7 Å². The van der Waals surface area contributed by atoms with Gasteiger partial charge >= 0.3 is 0 Å². The Morgan fingerprint density at radius 1 is 1.06 bits per heavy atom. The molecule has 1 heterocycles. The summed E-state index contributed by atoms with van der Waals surface area (Å²) >= 11 is 0. The molecule has 1 aliphatic carbocycles. The van der Waals surface area contributed by atoms with Gasteiger partial charge < -0.3 is 15.5 Å². The minimum atomic E-state index is 0.940. The third kappa shape index (κ3) is 4.87. The predicted molar refractivity (Wildman–Crippen MR) is 77.9 cm³/mol. The van der Waals surface area contributed by atoms with Crippen molar-refractivity contribution in [1.29, 1.82) is 0 Å². The fourth-order valence-electron chi connectivity index (χ4n) is 3.07. The molecule has 1 unspecified atom stereocenters. The Morgan fingerprint density at radius 2 is 1.94 bits per heavy atom. The van der Waals surface area contributed by atoms with Crippen molar-refractivity contribution >= 4 is 0 Å². The van der Waals surface area contributed by atoms with E-state index in [2.05, 4.69) is 22.5 Å². The second kappa shape index (κ2) is 8.13. The zero-order chi connectivity index (χ0) is 12.6. The second-order valence-corrected chi connectivity index (χ2v) is 6.10. The van der Waals surface area contributed by atoms with Gasteiger partial charge in [0.15, 0.2) is 0 Å². The van der Waals surface area contributed by atoms with Gasteiger partial charge in [-0.2, -0.15) is 0 Å². The Morgan fingerprint density at radius 3 is 2.67 bits per heavy atom. The van der Waals surface area contributed by atoms with Crippen molar-refractivity contribution in [3.8, 4) is 0 Å². The fraction of sp³-hybridized carbons (Fsp3) is 1.00. The number of hydrogen-bond donors (Lipinski definition) is 2. The van der Waals surface area contributed by atoms with Crippen molar-refractivity contribution in [1.82, 2.24) is 15.5 Å². The first kappa shape index (κ1) is 14.3. The molecule has 3 heteroatoms. The first-order valence-corrected chi connectivity index (χ1v) is 8.02. The monoisotopic (exact) mass is 253 g/mol. The van der Waals surface area contributed by atoms with Crippen LogP contribution in [-0.2, 0) is 0 Å². The molecule has 1 saturated carbocycles. The van der Waals surface area contributed by atoms with Crippen molar-refractivity contribution in [3.05, 3.63) is 0 Å². The van der Waals surface area contributed by atoms with Gasteiger partial charge in [0.1, 0.15) is 0 Å². The average molecular weight is 253 g/mol. The van der Waals surface area contributed by atoms with Crippen LogP contribution in [0.3, 0.4) is 0 Å². The van der Waals surface area contributed by atoms with E-state index in [4.69, 9.17) is 0 Å². The molecule has 0 spiro atoms. The van der Waals surface area contributed by atoms with Gasteiger partial charge in [-0.3, -0.25) is 0 Å². The molecule has 0 aromatic rings. The topological polar surface area (TPSA) is 27.3 Å². The average Bonchev–Trinajstić information content (AvgIpc) is 2.75. The quantitative estimate of drug-likeness (QED) is 0.613. The third-order valence-electron chi connectivity index (χ3n) is 4.61. The summed E-state index contributed by atoms with van der Waals surface area (Å²) in [5.74, 6) is 1.94. The molecule has 18 heavy (non-hydrogen) atoms. The molecule has 3 nitrogen and oxygen atoms in total. The van der Waals surface area contributed by atoms with E-state index in [9.17, 15) is 0 Å².